The van der Waals surface area contributed by atoms with E-state index in [1.165, 1.54) is 11.1 Å². The standard InChI is InChI=1S/C25H31N3O2S2/c1-16-11-17(2)13-22(12-16)23-15-31-25(26-23)27-7-9-28(10-8-27)32(29,30)24-20(5)18(3)14-19(4)21(24)6/h11-15H,7-10H2,1-6H3. The van der Waals surface area contributed by atoms with E-state index in [1.807, 2.05) is 27.7 Å². The molecule has 0 atom stereocenters. The van der Waals surface area contributed by atoms with Crippen molar-refractivity contribution < 1.29 is 8.42 Å². The molecule has 4 rings (SSSR count). The maximum atomic E-state index is 13.5. The molecule has 1 saturated heterocycles. The highest BCUT2D eigenvalue weighted by molar-refractivity contribution is 7.89. The number of anilines is 1. The van der Waals surface area contributed by atoms with Crippen molar-refractivity contribution in [3.63, 3.8) is 0 Å². The Balaban J connectivity index is 1.52. The first-order valence-corrected chi connectivity index (χ1v) is 13.3. The van der Waals surface area contributed by atoms with E-state index in [1.54, 1.807) is 15.6 Å². The molecule has 0 bridgehead atoms. The van der Waals surface area contributed by atoms with Gasteiger partial charge in [-0.15, -0.1) is 11.3 Å². The summed E-state index contributed by atoms with van der Waals surface area (Å²) < 4.78 is 28.7. The second-order valence-electron chi connectivity index (χ2n) is 8.87. The average Bonchev–Trinajstić information content (AvgIpc) is 3.22. The van der Waals surface area contributed by atoms with E-state index >= 15 is 0 Å². The van der Waals surface area contributed by atoms with Crippen LogP contribution in [0.5, 0.6) is 0 Å². The van der Waals surface area contributed by atoms with Crippen LogP contribution in [0.25, 0.3) is 11.3 Å². The molecule has 1 fully saturated rings. The predicted molar refractivity (Wildman–Crippen MR) is 133 cm³/mol. The Morgan fingerprint density at radius 1 is 0.812 bits per heavy atom. The largest absolute Gasteiger partial charge is 0.345 e. The van der Waals surface area contributed by atoms with Crippen molar-refractivity contribution in [3.8, 4) is 11.3 Å². The first-order valence-electron chi connectivity index (χ1n) is 10.9. The minimum atomic E-state index is -3.53. The molecule has 1 aliphatic rings. The second kappa shape index (κ2) is 8.61. The number of aryl methyl sites for hydroxylation is 4. The van der Waals surface area contributed by atoms with Gasteiger partial charge >= 0.3 is 0 Å². The summed E-state index contributed by atoms with van der Waals surface area (Å²) >= 11 is 1.62. The van der Waals surface area contributed by atoms with Crippen molar-refractivity contribution in [2.75, 3.05) is 31.1 Å². The molecule has 170 valence electrons. The van der Waals surface area contributed by atoms with E-state index < -0.39 is 10.0 Å². The number of hydrogen-bond acceptors (Lipinski definition) is 5. The highest BCUT2D eigenvalue weighted by Crippen LogP contribution is 2.32. The zero-order chi connectivity index (χ0) is 23.2. The molecule has 5 nitrogen and oxygen atoms in total. The number of piperazine rings is 1. The third-order valence-corrected chi connectivity index (χ3v) is 9.49. The number of nitrogens with zero attached hydrogens (tertiary/aromatic N) is 3. The van der Waals surface area contributed by atoms with E-state index in [-0.39, 0.29) is 0 Å². The Kier molecular flexibility index (Phi) is 6.18. The quantitative estimate of drug-likeness (QED) is 0.529. The van der Waals surface area contributed by atoms with Crippen LogP contribution in [0.15, 0.2) is 34.5 Å². The highest BCUT2D eigenvalue weighted by atomic mass is 32.2. The average molecular weight is 470 g/mol. The summed E-state index contributed by atoms with van der Waals surface area (Å²) in [5.41, 5.74) is 8.32. The van der Waals surface area contributed by atoms with Crippen molar-refractivity contribution in [1.82, 2.24) is 9.29 Å². The van der Waals surface area contributed by atoms with E-state index in [2.05, 4.69) is 48.4 Å². The topological polar surface area (TPSA) is 53.5 Å². The van der Waals surface area contributed by atoms with E-state index in [4.69, 9.17) is 4.98 Å². The SMILES string of the molecule is Cc1cc(C)cc(-c2csc(N3CCN(S(=O)(=O)c4c(C)c(C)cc(C)c4C)CC3)n2)c1. The fraction of sp³-hybridized carbons (Fsp3) is 0.400. The molecule has 32 heavy (non-hydrogen) atoms. The normalized spacial score (nSPS) is 15.4. The van der Waals surface area contributed by atoms with Crippen molar-refractivity contribution in [3.05, 3.63) is 63.0 Å². The smallest absolute Gasteiger partial charge is 0.243 e. The monoisotopic (exact) mass is 469 g/mol. The number of sulfonamides is 1. The fourth-order valence-electron chi connectivity index (χ4n) is 4.48. The van der Waals surface area contributed by atoms with Gasteiger partial charge in [0.15, 0.2) is 5.13 Å². The van der Waals surface area contributed by atoms with Gasteiger partial charge in [-0.3, -0.25) is 0 Å². The number of thiazole rings is 1. The first-order chi connectivity index (χ1) is 15.1. The fourth-order valence-corrected chi connectivity index (χ4v) is 7.37. The van der Waals surface area contributed by atoms with Gasteiger partial charge in [0.2, 0.25) is 10.0 Å². The highest BCUT2D eigenvalue weighted by Gasteiger charge is 2.32. The van der Waals surface area contributed by atoms with E-state index in [9.17, 15) is 8.42 Å². The summed E-state index contributed by atoms with van der Waals surface area (Å²) in [5, 5.41) is 3.05. The Morgan fingerprint density at radius 3 is 1.94 bits per heavy atom. The van der Waals surface area contributed by atoms with Crippen LogP contribution in [0, 0.1) is 41.5 Å². The number of aromatic nitrogens is 1. The first kappa shape index (κ1) is 23.0. The molecule has 0 N–H and O–H groups in total. The summed E-state index contributed by atoms with van der Waals surface area (Å²) in [6, 6.07) is 8.54. The van der Waals surface area contributed by atoms with E-state index in [0.717, 1.165) is 38.6 Å². The van der Waals surface area contributed by atoms with Crippen LogP contribution in [-0.2, 0) is 10.0 Å². The molecule has 2 aromatic carbocycles. The van der Waals surface area contributed by atoms with Gasteiger partial charge in [-0.05, 0) is 75.9 Å². The Labute approximate surface area is 195 Å². The Hall–Kier alpha value is -2.22. The lowest BCUT2D eigenvalue weighted by Gasteiger charge is -2.34. The van der Waals surface area contributed by atoms with Gasteiger partial charge in [-0.25, -0.2) is 13.4 Å². The summed E-state index contributed by atoms with van der Waals surface area (Å²) in [7, 11) is -3.53. The van der Waals surface area contributed by atoms with Crippen LogP contribution < -0.4 is 4.90 Å². The minimum absolute atomic E-state index is 0.465. The minimum Gasteiger partial charge on any atom is -0.345 e. The summed E-state index contributed by atoms with van der Waals surface area (Å²) in [6.45, 7) is 14.2. The molecule has 7 heteroatoms. The molecular weight excluding hydrogens is 438 g/mol. The van der Waals surface area contributed by atoms with Crippen molar-refractivity contribution in [1.29, 1.82) is 0 Å². The van der Waals surface area contributed by atoms with Gasteiger partial charge < -0.3 is 4.90 Å². The van der Waals surface area contributed by atoms with E-state index in [0.29, 0.717) is 31.1 Å². The number of rotatable bonds is 4. The summed E-state index contributed by atoms with van der Waals surface area (Å²) in [6.07, 6.45) is 0. The zero-order valence-electron chi connectivity index (χ0n) is 19.7. The number of hydrogen-bond donors (Lipinski definition) is 0. The molecule has 3 aromatic rings. The van der Waals surface area contributed by atoms with Gasteiger partial charge in [0, 0.05) is 37.1 Å². The molecule has 0 spiro atoms. The van der Waals surface area contributed by atoms with Crippen LogP contribution in [0.4, 0.5) is 5.13 Å². The molecule has 0 saturated carbocycles. The van der Waals surface area contributed by atoms with Crippen LogP contribution in [-0.4, -0.2) is 43.9 Å². The summed E-state index contributed by atoms with van der Waals surface area (Å²) in [4.78, 5) is 7.54. The predicted octanol–water partition coefficient (Wildman–Crippen LogP) is 5.17. The van der Waals surface area contributed by atoms with Crippen molar-refractivity contribution in [2.45, 2.75) is 46.4 Å². The summed E-state index contributed by atoms with van der Waals surface area (Å²) in [5.74, 6) is 0. The van der Waals surface area contributed by atoms with Crippen LogP contribution in [0.2, 0.25) is 0 Å². The maximum absolute atomic E-state index is 13.5. The Morgan fingerprint density at radius 2 is 1.38 bits per heavy atom. The molecule has 1 aromatic heterocycles. The second-order valence-corrected chi connectivity index (χ2v) is 11.6. The van der Waals surface area contributed by atoms with Crippen LogP contribution >= 0.6 is 11.3 Å². The van der Waals surface area contributed by atoms with Gasteiger partial charge in [0.1, 0.15) is 0 Å². The molecule has 1 aliphatic heterocycles. The lowest BCUT2D eigenvalue weighted by atomic mass is 10.0. The maximum Gasteiger partial charge on any atom is 0.243 e. The van der Waals surface area contributed by atoms with Crippen LogP contribution in [0.3, 0.4) is 0 Å². The number of benzene rings is 2. The van der Waals surface area contributed by atoms with Gasteiger partial charge in [0.05, 0.1) is 10.6 Å². The molecule has 2 heterocycles. The molecule has 0 unspecified atom stereocenters. The van der Waals surface area contributed by atoms with Gasteiger partial charge in [-0.1, -0.05) is 23.3 Å². The lowest BCUT2D eigenvalue weighted by Crippen LogP contribution is -2.49. The third kappa shape index (κ3) is 4.21. The van der Waals surface area contributed by atoms with Gasteiger partial charge in [0.25, 0.3) is 0 Å². The van der Waals surface area contributed by atoms with Crippen molar-refractivity contribution >= 4 is 26.5 Å². The molecule has 0 amide bonds. The molecule has 0 aliphatic carbocycles. The lowest BCUT2D eigenvalue weighted by molar-refractivity contribution is 0.384. The van der Waals surface area contributed by atoms with Crippen LogP contribution in [0.1, 0.15) is 33.4 Å². The van der Waals surface area contributed by atoms with Crippen molar-refractivity contribution in [2.24, 2.45) is 0 Å². The molecule has 0 radical (unpaired) electrons. The third-order valence-electron chi connectivity index (χ3n) is 6.41. The Bertz CT molecular complexity index is 1220. The van der Waals surface area contributed by atoms with Gasteiger partial charge in [-0.2, -0.15) is 4.31 Å². The molecular formula is C25H31N3O2S2. The zero-order valence-corrected chi connectivity index (χ0v) is 21.3.